The van der Waals surface area contributed by atoms with Crippen molar-refractivity contribution >= 4 is 19.5 Å². The molecule has 2 aliphatic heterocycles. The summed E-state index contributed by atoms with van der Waals surface area (Å²) in [6.07, 6.45) is 2.69. The predicted molar refractivity (Wildman–Crippen MR) is 117 cm³/mol. The lowest BCUT2D eigenvalue weighted by atomic mass is 9.99. The number of nitrogens with one attached hydrogen (secondary N) is 1. The summed E-state index contributed by atoms with van der Waals surface area (Å²) in [6.45, 7) is 7.48. The number of esters is 1. The van der Waals surface area contributed by atoms with E-state index in [4.69, 9.17) is 13.8 Å². The molecule has 5 atom stereocenters. The second-order valence-corrected chi connectivity index (χ2v) is 9.95. The number of para-hydroxylation sites is 1. The number of carbonyl (C=O) groups excluding carboxylic acids is 2. The van der Waals surface area contributed by atoms with Crippen molar-refractivity contribution in [3.05, 3.63) is 30.3 Å². The number of Topliss-reactive ketones (excluding diaryl/α,β-unsaturated/α-hetero) is 1. The van der Waals surface area contributed by atoms with Crippen molar-refractivity contribution in [3.8, 4) is 5.75 Å². The second-order valence-electron chi connectivity index (χ2n) is 8.26. The molecule has 3 unspecified atom stereocenters. The molecule has 8 nitrogen and oxygen atoms in total. The Kier molecular flexibility index (Phi) is 8.28. The van der Waals surface area contributed by atoms with Crippen LogP contribution in [0.5, 0.6) is 5.75 Å². The highest BCUT2D eigenvalue weighted by molar-refractivity contribution is 7.52. The molecule has 31 heavy (non-hydrogen) atoms. The van der Waals surface area contributed by atoms with Crippen LogP contribution in [0.2, 0.25) is 0 Å². The number of rotatable bonds is 12. The number of hydrogen-bond acceptors (Lipinski definition) is 7. The van der Waals surface area contributed by atoms with Gasteiger partial charge in [0.2, 0.25) is 0 Å². The molecule has 0 spiro atoms. The third-order valence-corrected chi connectivity index (χ3v) is 7.73. The fourth-order valence-corrected chi connectivity index (χ4v) is 5.46. The van der Waals surface area contributed by atoms with Crippen molar-refractivity contribution < 1.29 is 27.9 Å². The predicted octanol–water partition coefficient (Wildman–Crippen LogP) is 3.42. The lowest BCUT2D eigenvalue weighted by Gasteiger charge is -2.27. The molecule has 0 saturated carbocycles. The third-order valence-electron chi connectivity index (χ3n) is 6.08. The molecule has 9 heteroatoms. The maximum absolute atomic E-state index is 13.5. The van der Waals surface area contributed by atoms with Gasteiger partial charge in [-0.15, -0.1) is 0 Å². The van der Waals surface area contributed by atoms with Gasteiger partial charge in [-0.25, -0.2) is 4.57 Å². The Morgan fingerprint density at radius 3 is 2.58 bits per heavy atom. The monoisotopic (exact) mass is 452 g/mol. The lowest BCUT2D eigenvalue weighted by molar-refractivity contribution is -0.146. The van der Waals surface area contributed by atoms with E-state index in [2.05, 4.69) is 5.09 Å². The molecule has 2 saturated heterocycles. The molecule has 2 fully saturated rings. The maximum atomic E-state index is 13.5. The van der Waals surface area contributed by atoms with E-state index in [1.165, 1.54) is 0 Å². The molecule has 1 aromatic rings. The number of nitrogens with zero attached hydrogens (tertiary/aromatic N) is 1. The summed E-state index contributed by atoms with van der Waals surface area (Å²) in [7, 11) is -3.94. The Balaban J connectivity index is 1.64. The molecule has 0 radical (unpaired) electrons. The highest BCUT2D eigenvalue weighted by Crippen LogP contribution is 2.46. The summed E-state index contributed by atoms with van der Waals surface area (Å²) >= 11 is 0. The van der Waals surface area contributed by atoms with Crippen LogP contribution in [0.15, 0.2) is 30.3 Å². The van der Waals surface area contributed by atoms with Gasteiger partial charge in [0.25, 0.3) is 0 Å². The first-order chi connectivity index (χ1) is 14.8. The van der Waals surface area contributed by atoms with Crippen LogP contribution in [0.4, 0.5) is 0 Å². The van der Waals surface area contributed by atoms with Crippen molar-refractivity contribution in [2.45, 2.75) is 52.1 Å². The van der Waals surface area contributed by atoms with E-state index in [9.17, 15) is 14.2 Å². The van der Waals surface area contributed by atoms with Crippen molar-refractivity contribution in [2.24, 2.45) is 11.8 Å². The highest BCUT2D eigenvalue weighted by atomic mass is 31.2. The van der Waals surface area contributed by atoms with Gasteiger partial charge in [-0.2, -0.15) is 5.09 Å². The van der Waals surface area contributed by atoms with E-state index in [0.29, 0.717) is 12.4 Å². The molecule has 0 aromatic heterocycles. The van der Waals surface area contributed by atoms with Gasteiger partial charge in [0.15, 0.2) is 5.78 Å². The Morgan fingerprint density at radius 1 is 1.26 bits per heavy atom. The van der Waals surface area contributed by atoms with Gasteiger partial charge in [-0.05, 0) is 37.9 Å². The van der Waals surface area contributed by atoms with E-state index in [1.807, 2.05) is 24.8 Å². The normalized spacial score (nSPS) is 25.4. The molecule has 2 bridgehead atoms. The topological polar surface area (TPSA) is 94.2 Å². The Bertz CT molecular complexity index is 800. The van der Waals surface area contributed by atoms with Crippen LogP contribution >= 0.6 is 7.75 Å². The fourth-order valence-electron chi connectivity index (χ4n) is 3.96. The van der Waals surface area contributed by atoms with Crippen LogP contribution in [0.3, 0.4) is 0 Å². The number of hydrogen-bond donors (Lipinski definition) is 1. The summed E-state index contributed by atoms with van der Waals surface area (Å²) in [5.41, 5.74) is 0. The van der Waals surface area contributed by atoms with E-state index < -0.39 is 25.8 Å². The highest BCUT2D eigenvalue weighted by Gasteiger charge is 2.46. The van der Waals surface area contributed by atoms with Gasteiger partial charge in [0.05, 0.1) is 19.3 Å². The zero-order chi connectivity index (χ0) is 22.4. The molecule has 0 amide bonds. The van der Waals surface area contributed by atoms with Crippen LogP contribution in [0, 0.1) is 11.8 Å². The average molecular weight is 452 g/mol. The minimum atomic E-state index is -3.94. The van der Waals surface area contributed by atoms with Gasteiger partial charge in [-0.3, -0.25) is 19.0 Å². The lowest BCUT2D eigenvalue weighted by Crippen LogP contribution is -2.41. The van der Waals surface area contributed by atoms with Crippen molar-refractivity contribution in [1.82, 2.24) is 9.99 Å². The Labute approximate surface area is 184 Å². The molecule has 3 rings (SSSR count). The van der Waals surface area contributed by atoms with Gasteiger partial charge in [-0.1, -0.05) is 44.9 Å². The number of ketones is 1. The first-order valence-corrected chi connectivity index (χ1v) is 12.6. The van der Waals surface area contributed by atoms with Crippen LogP contribution in [-0.4, -0.2) is 55.0 Å². The quantitative estimate of drug-likeness (QED) is 0.381. The van der Waals surface area contributed by atoms with Crippen LogP contribution in [0.1, 0.15) is 40.0 Å². The zero-order valence-corrected chi connectivity index (χ0v) is 19.4. The van der Waals surface area contributed by atoms with E-state index in [0.717, 1.165) is 32.4 Å². The molecular formula is C22H33N2O6P. The summed E-state index contributed by atoms with van der Waals surface area (Å²) in [4.78, 5) is 26.9. The Morgan fingerprint density at radius 2 is 1.97 bits per heavy atom. The summed E-state index contributed by atoms with van der Waals surface area (Å²) in [5.74, 6) is 0.269. The molecule has 2 heterocycles. The summed E-state index contributed by atoms with van der Waals surface area (Å²) in [5, 5.41) is 2.69. The van der Waals surface area contributed by atoms with E-state index in [1.54, 1.807) is 31.2 Å². The molecule has 1 aromatic carbocycles. The smallest absolute Gasteiger partial charge is 0.459 e. The molecular weight excluding hydrogens is 419 g/mol. The van der Waals surface area contributed by atoms with Gasteiger partial charge >= 0.3 is 13.7 Å². The number of ether oxygens (including phenoxy) is 1. The number of piperidine rings is 1. The van der Waals surface area contributed by atoms with Crippen LogP contribution in [0.25, 0.3) is 0 Å². The first-order valence-electron chi connectivity index (χ1n) is 11.1. The standard InChI is InChI=1S/C22H33N2O6P/c1-4-17(5-2)14-28-22(26)16(3)23-31(27,30-19-9-7-6-8-10-19)29-15-20-21(25)18-11-12-24(20)13-18/h6-10,16-18,20H,4-5,11-15H2,1-3H3,(H,23,27)/t16-,18-,20?,31?/m0/s1. The average Bonchev–Trinajstić information content (AvgIpc) is 3.35. The van der Waals surface area contributed by atoms with Gasteiger partial charge < -0.3 is 9.26 Å². The summed E-state index contributed by atoms with van der Waals surface area (Å²) in [6, 6.07) is 7.28. The minimum absolute atomic E-state index is 0.0370. The summed E-state index contributed by atoms with van der Waals surface area (Å²) < 4.78 is 30.2. The number of fused-ring (bicyclic) bond motifs is 2. The molecule has 172 valence electrons. The molecule has 2 aliphatic rings. The van der Waals surface area contributed by atoms with Crippen molar-refractivity contribution in [1.29, 1.82) is 0 Å². The third kappa shape index (κ3) is 6.16. The largest absolute Gasteiger partial charge is 0.464 e. The van der Waals surface area contributed by atoms with Crippen LogP contribution < -0.4 is 9.61 Å². The number of benzene rings is 1. The number of carbonyl (C=O) groups is 2. The van der Waals surface area contributed by atoms with Crippen LogP contribution in [-0.2, 0) is 23.4 Å². The fraction of sp³-hybridized carbons (Fsp3) is 0.636. The van der Waals surface area contributed by atoms with Gasteiger partial charge in [0.1, 0.15) is 11.8 Å². The maximum Gasteiger partial charge on any atom is 0.459 e. The molecule has 0 aliphatic carbocycles. The Hall–Kier alpha value is -1.73. The van der Waals surface area contributed by atoms with E-state index in [-0.39, 0.29) is 24.2 Å². The minimum Gasteiger partial charge on any atom is -0.464 e. The first kappa shape index (κ1) is 23.9. The van der Waals surface area contributed by atoms with Gasteiger partial charge in [0, 0.05) is 12.5 Å². The second kappa shape index (κ2) is 10.7. The molecule has 1 N–H and O–H groups in total. The van der Waals surface area contributed by atoms with Crippen molar-refractivity contribution in [2.75, 3.05) is 26.3 Å². The van der Waals surface area contributed by atoms with Crippen molar-refractivity contribution in [3.63, 3.8) is 0 Å². The van der Waals surface area contributed by atoms with E-state index >= 15 is 0 Å². The zero-order valence-electron chi connectivity index (χ0n) is 18.5. The SMILES string of the molecule is CCC(CC)COC(=O)[C@H](C)NP(=O)(OCC1C(=O)[C@H]2CCN1C2)Oc1ccccc1.